The smallest absolute Gasteiger partial charge is 0.0931 e. The van der Waals surface area contributed by atoms with E-state index in [1.165, 1.54) is 16.5 Å². The quantitative estimate of drug-likeness (QED) is 0.563. The molecule has 1 aliphatic carbocycles. The Bertz CT molecular complexity index is 1250. The van der Waals surface area contributed by atoms with Crippen LogP contribution in [0.1, 0.15) is 28.9 Å². The molecule has 3 heterocycles. The van der Waals surface area contributed by atoms with Crippen LogP contribution in [0.15, 0.2) is 18.3 Å². The molecular weight excluding hydrogens is 336 g/mol. The molecule has 27 heavy (non-hydrogen) atoms. The molecule has 1 atom stereocenters. The molecule has 134 valence electrons. The van der Waals surface area contributed by atoms with Crippen LogP contribution in [-0.2, 0) is 19.9 Å². The first kappa shape index (κ1) is 16.0. The molecule has 0 spiro atoms. The Morgan fingerprint density at radius 1 is 1.19 bits per heavy atom. The van der Waals surface area contributed by atoms with Gasteiger partial charge in [-0.15, -0.1) is 0 Å². The van der Waals surface area contributed by atoms with Crippen molar-refractivity contribution in [1.82, 2.24) is 25.0 Å². The van der Waals surface area contributed by atoms with Gasteiger partial charge in [0.05, 0.1) is 34.4 Å². The predicted octanol–water partition coefficient (Wildman–Crippen LogP) is 3.76. The number of hydrogen-bond acceptors (Lipinski definition) is 4. The molecule has 4 aromatic rings. The van der Waals surface area contributed by atoms with Crippen molar-refractivity contribution in [2.75, 3.05) is 0 Å². The number of pyridine rings is 1. The van der Waals surface area contributed by atoms with Crippen LogP contribution in [0.5, 0.6) is 0 Å². The van der Waals surface area contributed by atoms with Crippen molar-refractivity contribution in [1.29, 1.82) is 5.26 Å². The van der Waals surface area contributed by atoms with Crippen LogP contribution in [0, 0.1) is 31.1 Å². The lowest BCUT2D eigenvalue weighted by Crippen LogP contribution is -2.15. The summed E-state index contributed by atoms with van der Waals surface area (Å²) in [5.74, 6) is 0.0390. The standard InChI is InChI=1S/C21H20N6/c1-11-16(10-27(3)26-11)21-15-8-13(9-22)4-5-14(15)20-17(23-21)6-7-18-19(20)12(2)24-25-18/h6-7,10,13H,4-5,8H2,1-3H3,(H,24,25). The van der Waals surface area contributed by atoms with E-state index in [4.69, 9.17) is 4.98 Å². The Hall–Kier alpha value is -3.20. The highest BCUT2D eigenvalue weighted by atomic mass is 15.2. The van der Waals surface area contributed by atoms with E-state index >= 15 is 0 Å². The van der Waals surface area contributed by atoms with Gasteiger partial charge in [-0.25, -0.2) is 4.98 Å². The van der Waals surface area contributed by atoms with Crippen LogP contribution < -0.4 is 0 Å². The van der Waals surface area contributed by atoms with E-state index in [0.29, 0.717) is 0 Å². The molecule has 0 saturated heterocycles. The largest absolute Gasteiger partial charge is 0.282 e. The van der Waals surface area contributed by atoms with Gasteiger partial charge in [-0.05, 0) is 56.4 Å². The maximum absolute atomic E-state index is 9.53. The van der Waals surface area contributed by atoms with Crippen molar-refractivity contribution in [3.8, 4) is 17.3 Å². The van der Waals surface area contributed by atoms with E-state index in [-0.39, 0.29) is 5.92 Å². The molecule has 1 unspecified atom stereocenters. The fraction of sp³-hybridized carbons (Fsp3) is 0.333. The van der Waals surface area contributed by atoms with Gasteiger partial charge in [0.1, 0.15) is 0 Å². The third kappa shape index (κ3) is 2.28. The van der Waals surface area contributed by atoms with E-state index in [9.17, 15) is 5.26 Å². The lowest BCUT2D eigenvalue weighted by molar-refractivity contribution is 0.567. The van der Waals surface area contributed by atoms with Crippen LogP contribution in [0.25, 0.3) is 33.1 Å². The Labute approximate surface area is 156 Å². The number of aromatic amines is 1. The van der Waals surface area contributed by atoms with Crippen LogP contribution in [0.2, 0.25) is 0 Å². The minimum Gasteiger partial charge on any atom is -0.282 e. The molecule has 1 aromatic carbocycles. The zero-order valence-corrected chi connectivity index (χ0v) is 15.7. The summed E-state index contributed by atoms with van der Waals surface area (Å²) in [5, 5.41) is 23.9. The molecule has 1 aliphatic rings. The molecule has 0 aliphatic heterocycles. The Balaban J connectivity index is 1.92. The van der Waals surface area contributed by atoms with Gasteiger partial charge in [-0.3, -0.25) is 9.78 Å². The molecule has 0 radical (unpaired) electrons. The van der Waals surface area contributed by atoms with Crippen LogP contribution in [-0.4, -0.2) is 25.0 Å². The van der Waals surface area contributed by atoms with Gasteiger partial charge in [0.25, 0.3) is 0 Å². The first-order chi connectivity index (χ1) is 13.1. The predicted molar refractivity (Wildman–Crippen MR) is 104 cm³/mol. The molecule has 1 N–H and O–H groups in total. The SMILES string of the molecule is Cc1nn(C)cc1-c1nc2ccc3n[nH]c(C)c3c2c2c1CC(C#N)CC2. The maximum atomic E-state index is 9.53. The molecule has 5 rings (SSSR count). The Morgan fingerprint density at radius 2 is 2.00 bits per heavy atom. The van der Waals surface area contributed by atoms with Gasteiger partial charge in [0.15, 0.2) is 0 Å². The van der Waals surface area contributed by atoms with Gasteiger partial charge in [-0.1, -0.05) is 0 Å². The fourth-order valence-corrected chi connectivity index (χ4v) is 4.46. The zero-order chi connectivity index (χ0) is 18.7. The summed E-state index contributed by atoms with van der Waals surface area (Å²) in [4.78, 5) is 5.07. The Morgan fingerprint density at radius 3 is 2.74 bits per heavy atom. The lowest BCUT2D eigenvalue weighted by atomic mass is 9.80. The molecule has 0 fully saturated rings. The summed E-state index contributed by atoms with van der Waals surface area (Å²) < 4.78 is 1.83. The average Bonchev–Trinajstić information content (AvgIpc) is 3.21. The number of nitrogens with zero attached hydrogens (tertiary/aromatic N) is 5. The molecule has 3 aromatic heterocycles. The topological polar surface area (TPSA) is 83.2 Å². The number of aromatic nitrogens is 5. The van der Waals surface area contributed by atoms with E-state index < -0.39 is 0 Å². The summed E-state index contributed by atoms with van der Waals surface area (Å²) in [5.41, 5.74) is 8.53. The second-order valence-electron chi connectivity index (χ2n) is 7.49. The van der Waals surface area contributed by atoms with Gasteiger partial charge in [0, 0.05) is 35.3 Å². The lowest BCUT2D eigenvalue weighted by Gasteiger charge is -2.24. The van der Waals surface area contributed by atoms with Crippen molar-refractivity contribution < 1.29 is 0 Å². The van der Waals surface area contributed by atoms with Crippen molar-refractivity contribution in [3.05, 3.63) is 40.8 Å². The first-order valence-corrected chi connectivity index (χ1v) is 9.26. The molecule has 6 nitrogen and oxygen atoms in total. The molecule has 0 amide bonds. The number of rotatable bonds is 1. The highest BCUT2D eigenvalue weighted by molar-refractivity contribution is 6.09. The third-order valence-corrected chi connectivity index (χ3v) is 5.71. The van der Waals surface area contributed by atoms with Crippen LogP contribution in [0.4, 0.5) is 0 Å². The fourth-order valence-electron chi connectivity index (χ4n) is 4.46. The Kier molecular flexibility index (Phi) is 3.35. The summed E-state index contributed by atoms with van der Waals surface area (Å²) in [7, 11) is 1.93. The number of fused-ring (bicyclic) bond motifs is 5. The van der Waals surface area contributed by atoms with Gasteiger partial charge in [-0.2, -0.15) is 15.5 Å². The van der Waals surface area contributed by atoms with Crippen LogP contribution in [0.3, 0.4) is 0 Å². The van der Waals surface area contributed by atoms with Gasteiger partial charge in [0.2, 0.25) is 0 Å². The summed E-state index contributed by atoms with van der Waals surface area (Å²) >= 11 is 0. The zero-order valence-electron chi connectivity index (χ0n) is 15.7. The van der Waals surface area contributed by atoms with Crippen molar-refractivity contribution in [2.24, 2.45) is 13.0 Å². The van der Waals surface area contributed by atoms with E-state index in [1.54, 1.807) is 0 Å². The molecule has 6 heteroatoms. The highest BCUT2D eigenvalue weighted by Crippen LogP contribution is 2.40. The first-order valence-electron chi connectivity index (χ1n) is 9.26. The number of aryl methyl sites for hydroxylation is 4. The normalized spacial score (nSPS) is 16.6. The average molecular weight is 356 g/mol. The third-order valence-electron chi connectivity index (χ3n) is 5.71. The number of H-pyrrole nitrogens is 1. The summed E-state index contributed by atoms with van der Waals surface area (Å²) in [6.45, 7) is 4.07. The number of benzene rings is 1. The molecule has 0 bridgehead atoms. The van der Waals surface area contributed by atoms with E-state index in [0.717, 1.165) is 58.3 Å². The maximum Gasteiger partial charge on any atom is 0.0931 e. The van der Waals surface area contributed by atoms with Crippen molar-refractivity contribution >= 4 is 21.8 Å². The minimum absolute atomic E-state index is 0.0390. The summed E-state index contributed by atoms with van der Waals surface area (Å²) in [6, 6.07) is 6.56. The highest BCUT2D eigenvalue weighted by Gasteiger charge is 2.27. The molecule has 0 saturated carbocycles. The number of hydrogen-bond donors (Lipinski definition) is 1. The summed E-state index contributed by atoms with van der Waals surface area (Å²) in [6.07, 6.45) is 4.55. The van der Waals surface area contributed by atoms with Gasteiger partial charge >= 0.3 is 0 Å². The second kappa shape index (κ2) is 5.65. The molecular formula is C21H20N6. The minimum atomic E-state index is 0.0390. The van der Waals surface area contributed by atoms with E-state index in [1.807, 2.05) is 30.9 Å². The monoisotopic (exact) mass is 356 g/mol. The number of nitrogens with one attached hydrogen (secondary N) is 1. The second-order valence-corrected chi connectivity index (χ2v) is 7.49. The van der Waals surface area contributed by atoms with E-state index in [2.05, 4.69) is 34.4 Å². The van der Waals surface area contributed by atoms with Crippen LogP contribution >= 0.6 is 0 Å². The number of nitriles is 1. The van der Waals surface area contributed by atoms with Crippen molar-refractivity contribution in [2.45, 2.75) is 33.1 Å². The van der Waals surface area contributed by atoms with Crippen molar-refractivity contribution in [3.63, 3.8) is 0 Å². The van der Waals surface area contributed by atoms with Gasteiger partial charge < -0.3 is 0 Å².